The van der Waals surface area contributed by atoms with Crippen LogP contribution in [-0.4, -0.2) is 38.6 Å². The van der Waals surface area contributed by atoms with E-state index >= 15 is 0 Å². The first kappa shape index (κ1) is 22.0. The topological polar surface area (TPSA) is 102 Å². The highest BCUT2D eigenvalue weighted by Crippen LogP contribution is 2.45. The average Bonchev–Trinajstić information content (AvgIpc) is 3.61. The molecule has 1 unspecified atom stereocenters. The molecular weight excluding hydrogens is 466 g/mol. The Kier molecular flexibility index (Phi) is 5.46. The molecule has 3 aromatic rings. The Balaban J connectivity index is 1.35. The molecule has 36 heavy (non-hydrogen) atoms. The summed E-state index contributed by atoms with van der Waals surface area (Å²) in [7, 11) is 1.69. The molecule has 3 aromatic carbocycles. The predicted octanol–water partition coefficient (Wildman–Crippen LogP) is 3.55. The van der Waals surface area contributed by atoms with E-state index in [0.717, 1.165) is 5.56 Å². The summed E-state index contributed by atoms with van der Waals surface area (Å²) in [4.78, 5) is 25.6. The number of hydrogen-bond acceptors (Lipinski definition) is 9. The van der Waals surface area contributed by atoms with E-state index in [1.165, 1.54) is 0 Å². The van der Waals surface area contributed by atoms with Crippen molar-refractivity contribution in [3.63, 3.8) is 0 Å². The van der Waals surface area contributed by atoms with Gasteiger partial charge in [0.2, 0.25) is 13.6 Å². The van der Waals surface area contributed by atoms with Crippen LogP contribution in [0.25, 0.3) is 11.8 Å². The van der Waals surface area contributed by atoms with Crippen molar-refractivity contribution in [2.45, 2.75) is 12.5 Å². The minimum absolute atomic E-state index is 0.0505. The van der Waals surface area contributed by atoms with E-state index in [4.69, 9.17) is 28.4 Å². The fourth-order valence-corrected chi connectivity index (χ4v) is 4.34. The zero-order valence-electron chi connectivity index (χ0n) is 19.2. The zero-order valence-corrected chi connectivity index (χ0v) is 19.2. The lowest BCUT2D eigenvalue weighted by Gasteiger charge is -2.17. The Morgan fingerprint density at radius 1 is 1.00 bits per heavy atom. The number of fused-ring (bicyclic) bond motifs is 4. The molecule has 1 atom stereocenters. The molecule has 1 N–H and O–H groups in total. The highest BCUT2D eigenvalue weighted by Gasteiger charge is 2.35. The van der Waals surface area contributed by atoms with Crippen molar-refractivity contribution >= 4 is 23.8 Å². The number of carbonyl (C=O) groups excluding carboxylic acids is 2. The summed E-state index contributed by atoms with van der Waals surface area (Å²) in [5, 5.41) is 3.03. The van der Waals surface area contributed by atoms with Gasteiger partial charge in [-0.1, -0.05) is 18.2 Å². The van der Waals surface area contributed by atoms with Gasteiger partial charge in [-0.25, -0.2) is 9.59 Å². The van der Waals surface area contributed by atoms with Crippen molar-refractivity contribution in [1.82, 2.24) is 5.32 Å². The van der Waals surface area contributed by atoms with Gasteiger partial charge in [-0.05, 0) is 67.1 Å². The van der Waals surface area contributed by atoms with Crippen LogP contribution >= 0.6 is 0 Å². The average molecular weight is 487 g/mol. The van der Waals surface area contributed by atoms with Crippen LogP contribution in [-0.2, 0) is 16.0 Å². The molecule has 0 aliphatic carbocycles. The number of rotatable bonds is 6. The molecule has 0 spiro atoms. The standard InChI is InChI=1S/C27H21NO8/c1-28-19(26(29)35-17-5-3-2-4-6-17)9-15-11-22-23(33-13-32-22)12-16(15)10-21-18-7-8-20-25(34-14-31-20)24(18)27(30)36-21/h2-8,10-12,19,28H,9,13-14H2,1H3. The third-order valence-electron chi connectivity index (χ3n) is 6.15. The first-order valence-electron chi connectivity index (χ1n) is 11.3. The summed E-state index contributed by atoms with van der Waals surface area (Å²) in [6.45, 7) is 0.149. The summed E-state index contributed by atoms with van der Waals surface area (Å²) >= 11 is 0. The molecule has 9 nitrogen and oxygen atoms in total. The molecule has 9 heteroatoms. The zero-order chi connectivity index (χ0) is 24.6. The number of nitrogens with one attached hydrogen (secondary N) is 1. The monoisotopic (exact) mass is 487 g/mol. The second-order valence-corrected chi connectivity index (χ2v) is 8.30. The van der Waals surface area contributed by atoms with Crippen molar-refractivity contribution in [3.05, 3.63) is 76.9 Å². The summed E-state index contributed by atoms with van der Waals surface area (Å²) in [5.41, 5.74) is 2.42. The van der Waals surface area contributed by atoms with Crippen LogP contribution in [0.3, 0.4) is 0 Å². The molecule has 0 fully saturated rings. The van der Waals surface area contributed by atoms with Crippen molar-refractivity contribution in [3.8, 4) is 28.7 Å². The molecule has 3 aliphatic rings. The van der Waals surface area contributed by atoms with Gasteiger partial charge in [-0.3, -0.25) is 0 Å². The number of ether oxygens (including phenoxy) is 6. The third kappa shape index (κ3) is 3.89. The van der Waals surface area contributed by atoms with E-state index in [1.54, 1.807) is 55.6 Å². The number of benzene rings is 3. The maximum absolute atomic E-state index is 12.9. The smallest absolute Gasteiger partial charge is 0.348 e. The molecule has 0 amide bonds. The number of hydrogen-bond donors (Lipinski definition) is 1. The first-order chi connectivity index (χ1) is 17.6. The predicted molar refractivity (Wildman–Crippen MR) is 127 cm³/mol. The minimum Gasteiger partial charge on any atom is -0.454 e. The van der Waals surface area contributed by atoms with Crippen molar-refractivity contribution in [2.75, 3.05) is 20.6 Å². The van der Waals surface area contributed by atoms with Crippen LogP contribution in [0.5, 0.6) is 28.7 Å². The van der Waals surface area contributed by atoms with Gasteiger partial charge in [0.1, 0.15) is 23.1 Å². The van der Waals surface area contributed by atoms with Gasteiger partial charge in [-0.15, -0.1) is 0 Å². The Bertz CT molecular complexity index is 1400. The molecule has 0 bridgehead atoms. The van der Waals surface area contributed by atoms with Gasteiger partial charge in [0.05, 0.1) is 0 Å². The molecule has 0 saturated heterocycles. The molecule has 3 heterocycles. The van der Waals surface area contributed by atoms with E-state index in [9.17, 15) is 9.59 Å². The van der Waals surface area contributed by atoms with Crippen LogP contribution in [0.1, 0.15) is 27.0 Å². The fourth-order valence-electron chi connectivity index (χ4n) is 4.34. The maximum atomic E-state index is 12.9. The van der Waals surface area contributed by atoms with Gasteiger partial charge in [0, 0.05) is 5.56 Å². The third-order valence-corrected chi connectivity index (χ3v) is 6.15. The summed E-state index contributed by atoms with van der Waals surface area (Å²) in [6.07, 6.45) is 2.04. The van der Waals surface area contributed by atoms with Gasteiger partial charge < -0.3 is 33.7 Å². The highest BCUT2D eigenvalue weighted by molar-refractivity contribution is 6.08. The lowest BCUT2D eigenvalue weighted by Crippen LogP contribution is -2.39. The van der Waals surface area contributed by atoms with E-state index in [-0.39, 0.29) is 13.6 Å². The molecule has 6 rings (SSSR count). The van der Waals surface area contributed by atoms with Crippen LogP contribution in [0.4, 0.5) is 0 Å². The van der Waals surface area contributed by atoms with E-state index in [1.807, 2.05) is 12.1 Å². The van der Waals surface area contributed by atoms with Crippen LogP contribution in [0.15, 0.2) is 54.6 Å². The fraction of sp³-hybridized carbons (Fsp3) is 0.185. The normalized spacial score (nSPS) is 16.6. The van der Waals surface area contributed by atoms with Gasteiger partial charge in [0.25, 0.3) is 0 Å². The van der Waals surface area contributed by atoms with Crippen molar-refractivity contribution in [2.24, 2.45) is 0 Å². The lowest BCUT2D eigenvalue weighted by atomic mass is 9.97. The Hall–Kier alpha value is -4.50. The molecular formula is C27H21NO8. The number of likely N-dealkylation sites (N-methyl/N-ethyl adjacent to an activating group) is 1. The quantitative estimate of drug-likeness (QED) is 0.413. The molecule has 0 radical (unpaired) electrons. The van der Waals surface area contributed by atoms with Gasteiger partial charge in [-0.2, -0.15) is 0 Å². The Morgan fingerprint density at radius 3 is 2.56 bits per heavy atom. The minimum atomic E-state index is -0.644. The first-order valence-corrected chi connectivity index (χ1v) is 11.3. The van der Waals surface area contributed by atoms with Crippen LogP contribution in [0.2, 0.25) is 0 Å². The van der Waals surface area contributed by atoms with Gasteiger partial charge >= 0.3 is 11.9 Å². The van der Waals surface area contributed by atoms with E-state index < -0.39 is 18.0 Å². The van der Waals surface area contributed by atoms with Crippen molar-refractivity contribution < 1.29 is 38.0 Å². The molecule has 182 valence electrons. The molecule has 0 saturated carbocycles. The lowest BCUT2D eigenvalue weighted by molar-refractivity contribution is -0.136. The highest BCUT2D eigenvalue weighted by atomic mass is 16.7. The van der Waals surface area contributed by atoms with E-state index in [2.05, 4.69) is 5.32 Å². The van der Waals surface area contributed by atoms with Crippen LogP contribution in [0, 0.1) is 0 Å². The summed E-state index contributed by atoms with van der Waals surface area (Å²) in [6, 6.07) is 15.4. The van der Waals surface area contributed by atoms with Crippen molar-refractivity contribution in [1.29, 1.82) is 0 Å². The molecule has 3 aliphatic heterocycles. The van der Waals surface area contributed by atoms with Gasteiger partial charge in [0.15, 0.2) is 23.0 Å². The number of esters is 2. The maximum Gasteiger partial charge on any atom is 0.348 e. The number of cyclic esters (lactones) is 1. The summed E-state index contributed by atoms with van der Waals surface area (Å²) < 4.78 is 33.1. The largest absolute Gasteiger partial charge is 0.454 e. The van der Waals surface area contributed by atoms with Crippen LogP contribution < -0.4 is 29.0 Å². The molecule has 0 aromatic heterocycles. The number of para-hydroxylation sites is 1. The summed E-state index contributed by atoms with van der Waals surface area (Å²) in [5.74, 6) is 1.91. The SMILES string of the molecule is CNC(Cc1cc2c(cc1C=C1OC(=O)c3c1ccc1c3OCO1)OCO2)C(=O)Oc1ccccc1. The second-order valence-electron chi connectivity index (χ2n) is 8.30. The number of carbonyl (C=O) groups is 2. The van der Waals surface area contributed by atoms with E-state index in [0.29, 0.717) is 57.6 Å². The Labute approximate surface area is 206 Å². The Morgan fingerprint density at radius 2 is 1.75 bits per heavy atom. The second kappa shape index (κ2) is 8.94.